The van der Waals surface area contributed by atoms with Crippen molar-refractivity contribution in [3.8, 4) is 5.75 Å². The number of rotatable bonds is 7. The molecule has 0 bridgehead atoms. The van der Waals surface area contributed by atoms with Gasteiger partial charge in [-0.05, 0) is 19.8 Å². The van der Waals surface area contributed by atoms with Crippen LogP contribution in [0.4, 0.5) is 30.5 Å². The lowest BCUT2D eigenvalue weighted by atomic mass is 10.0. The quantitative estimate of drug-likeness (QED) is 0.474. The zero-order valence-electron chi connectivity index (χ0n) is 21.0. The Bertz CT molecular complexity index is 1360. The van der Waals surface area contributed by atoms with Crippen molar-refractivity contribution < 1.29 is 31.6 Å². The Hall–Kier alpha value is -3.90. The molecule has 1 atom stereocenters. The maximum absolute atomic E-state index is 13.5. The van der Waals surface area contributed by atoms with Crippen LogP contribution in [0.15, 0.2) is 24.8 Å². The number of hydrogen-bond donors (Lipinski definition) is 3. The predicted octanol–water partition coefficient (Wildman–Crippen LogP) is 3.25. The van der Waals surface area contributed by atoms with Crippen molar-refractivity contribution in [2.24, 2.45) is 5.92 Å². The van der Waals surface area contributed by atoms with E-state index in [0.717, 1.165) is 43.0 Å². The van der Waals surface area contributed by atoms with Crippen molar-refractivity contribution in [3.63, 3.8) is 0 Å². The smallest absolute Gasteiger partial charge is 0.395 e. The number of carbonyl (C=O) groups excluding carboxylic acids is 2. The summed E-state index contributed by atoms with van der Waals surface area (Å²) in [6.45, 7) is -1.82. The molecule has 4 rings (SSSR count). The highest BCUT2D eigenvalue weighted by molar-refractivity contribution is 6.01. The Morgan fingerprint density at radius 2 is 2.06 bits per heavy atom. The number of pyridine rings is 1. The predicted molar refractivity (Wildman–Crippen MR) is 116 cm³/mol. The van der Waals surface area contributed by atoms with Gasteiger partial charge in [-0.25, -0.2) is 14.5 Å². The van der Waals surface area contributed by atoms with E-state index in [-0.39, 0.29) is 51.5 Å². The third-order valence-electron chi connectivity index (χ3n) is 5.43. The first-order valence-electron chi connectivity index (χ1n) is 11.7. The van der Waals surface area contributed by atoms with E-state index < -0.39 is 25.0 Å². The third kappa shape index (κ3) is 4.45. The van der Waals surface area contributed by atoms with Gasteiger partial charge in [0.1, 0.15) is 17.7 Å². The van der Waals surface area contributed by atoms with Crippen LogP contribution in [0, 0.1) is 5.92 Å². The molecule has 1 aliphatic rings. The molecular formula is C21H22F3N7O3. The van der Waals surface area contributed by atoms with Crippen molar-refractivity contribution in [1.29, 1.82) is 0 Å². The number of aromatic nitrogens is 4. The topological polar surface area (TPSA) is 123 Å². The van der Waals surface area contributed by atoms with Crippen molar-refractivity contribution in [2.75, 3.05) is 24.7 Å². The van der Waals surface area contributed by atoms with Gasteiger partial charge >= 0.3 is 6.18 Å². The Morgan fingerprint density at radius 1 is 1.29 bits per heavy atom. The van der Waals surface area contributed by atoms with Crippen LogP contribution in [0.1, 0.15) is 45.7 Å². The van der Waals surface area contributed by atoms with Gasteiger partial charge in [-0.2, -0.15) is 18.3 Å². The molecule has 3 heterocycles. The normalized spacial score (nSPS) is 16.2. The van der Waals surface area contributed by atoms with Gasteiger partial charge in [-0.15, -0.1) is 0 Å². The van der Waals surface area contributed by atoms with Crippen molar-refractivity contribution >= 4 is 34.7 Å². The van der Waals surface area contributed by atoms with Crippen LogP contribution in [-0.4, -0.2) is 51.7 Å². The lowest BCUT2D eigenvalue weighted by molar-refractivity contribution is -0.146. The SMILES string of the molecule is [2H]C([2H])([2H])NC(=O)c1cnc(NC(=O)C2CC2)cc1Nc1ncn2ncc(C(C)C(F)(F)F)c2c1OC. The number of amides is 2. The lowest BCUT2D eigenvalue weighted by Crippen LogP contribution is -2.21. The molecule has 0 aromatic carbocycles. The van der Waals surface area contributed by atoms with Gasteiger partial charge in [0.15, 0.2) is 11.6 Å². The van der Waals surface area contributed by atoms with E-state index in [4.69, 9.17) is 8.85 Å². The molecule has 13 heteroatoms. The molecule has 34 heavy (non-hydrogen) atoms. The molecule has 0 aliphatic heterocycles. The van der Waals surface area contributed by atoms with Crippen LogP contribution in [0.25, 0.3) is 5.52 Å². The second kappa shape index (κ2) is 8.80. The molecule has 1 aliphatic carbocycles. The van der Waals surface area contributed by atoms with Crippen LogP contribution in [-0.2, 0) is 4.79 Å². The van der Waals surface area contributed by atoms with Crippen LogP contribution >= 0.6 is 0 Å². The number of anilines is 3. The summed E-state index contributed by atoms with van der Waals surface area (Å²) < 4.78 is 68.8. The van der Waals surface area contributed by atoms with E-state index in [1.54, 1.807) is 0 Å². The summed E-state index contributed by atoms with van der Waals surface area (Å²) in [4.78, 5) is 33.0. The second-order valence-electron chi connectivity index (χ2n) is 7.74. The summed E-state index contributed by atoms with van der Waals surface area (Å²) in [5.74, 6) is -3.41. The summed E-state index contributed by atoms with van der Waals surface area (Å²) in [5.41, 5.74) is -0.415. The number of halogens is 3. The molecule has 0 saturated heterocycles. The first-order valence-corrected chi connectivity index (χ1v) is 10.2. The summed E-state index contributed by atoms with van der Waals surface area (Å²) >= 11 is 0. The number of fused-ring (bicyclic) bond motifs is 1. The van der Waals surface area contributed by atoms with Crippen molar-refractivity contribution in [3.05, 3.63) is 35.9 Å². The van der Waals surface area contributed by atoms with Gasteiger partial charge in [-0.1, -0.05) is 0 Å². The average Bonchev–Trinajstić information content (AvgIpc) is 3.56. The van der Waals surface area contributed by atoms with Gasteiger partial charge in [-0.3, -0.25) is 9.59 Å². The Balaban J connectivity index is 1.78. The van der Waals surface area contributed by atoms with Gasteiger partial charge in [0.05, 0.1) is 30.5 Å². The Kier molecular flexibility index (Phi) is 5.06. The fourth-order valence-electron chi connectivity index (χ4n) is 3.33. The number of nitrogens with zero attached hydrogens (tertiary/aromatic N) is 4. The van der Waals surface area contributed by atoms with Crippen LogP contribution in [0.2, 0.25) is 0 Å². The Labute approximate surface area is 196 Å². The standard InChI is InChI=1S/C21H22F3N7O3/c1-10(21(22,23)24)12-8-28-31-9-27-18(17(34-3)16(12)31)29-14-6-15(30-19(32)11-4-5-11)26-7-13(14)20(33)25-2/h6-11H,4-5H2,1-3H3,(H,25,33)(H2,26,29,30,32)/i2D3. The first-order chi connectivity index (χ1) is 17.3. The number of alkyl halides is 3. The maximum Gasteiger partial charge on any atom is 0.395 e. The largest absolute Gasteiger partial charge is 0.491 e. The molecule has 1 saturated carbocycles. The number of carbonyl (C=O) groups is 2. The zero-order chi connectivity index (χ0) is 27.1. The molecule has 180 valence electrons. The molecule has 2 amide bonds. The van der Waals surface area contributed by atoms with Crippen LogP contribution in [0.5, 0.6) is 5.75 Å². The van der Waals surface area contributed by atoms with Gasteiger partial charge in [0.2, 0.25) is 5.91 Å². The van der Waals surface area contributed by atoms with E-state index in [2.05, 4.69) is 25.7 Å². The lowest BCUT2D eigenvalue weighted by Gasteiger charge is -2.17. The van der Waals surface area contributed by atoms with Gasteiger partial charge in [0, 0.05) is 34.8 Å². The van der Waals surface area contributed by atoms with Gasteiger partial charge in [0.25, 0.3) is 5.91 Å². The van der Waals surface area contributed by atoms with E-state index in [1.165, 1.54) is 13.2 Å². The minimum Gasteiger partial charge on any atom is -0.491 e. The van der Waals surface area contributed by atoms with Crippen molar-refractivity contribution in [2.45, 2.75) is 31.9 Å². The summed E-state index contributed by atoms with van der Waals surface area (Å²) in [6, 6.07) is 1.29. The first kappa shape index (κ1) is 19.6. The maximum atomic E-state index is 13.5. The molecule has 10 nitrogen and oxygen atoms in total. The fraction of sp³-hybridized carbons (Fsp3) is 0.381. The minimum absolute atomic E-state index is 0.00497. The van der Waals surface area contributed by atoms with E-state index in [0.29, 0.717) is 0 Å². The highest BCUT2D eigenvalue weighted by Gasteiger charge is 2.39. The molecule has 0 spiro atoms. The molecule has 3 N–H and O–H groups in total. The summed E-state index contributed by atoms with van der Waals surface area (Å²) in [6.07, 6.45) is 0.210. The highest BCUT2D eigenvalue weighted by Crippen LogP contribution is 2.41. The number of ether oxygens (including phenoxy) is 1. The molecule has 0 radical (unpaired) electrons. The average molecular weight is 480 g/mol. The fourth-order valence-corrected chi connectivity index (χ4v) is 3.33. The zero-order valence-corrected chi connectivity index (χ0v) is 18.0. The number of hydrogen-bond acceptors (Lipinski definition) is 7. The highest BCUT2D eigenvalue weighted by atomic mass is 19.4. The van der Waals surface area contributed by atoms with E-state index in [1.807, 2.05) is 5.32 Å². The Morgan fingerprint density at radius 3 is 2.71 bits per heavy atom. The van der Waals surface area contributed by atoms with E-state index in [9.17, 15) is 22.8 Å². The third-order valence-corrected chi connectivity index (χ3v) is 5.43. The number of nitrogens with one attached hydrogen (secondary N) is 3. The van der Waals surface area contributed by atoms with Gasteiger partial charge < -0.3 is 20.7 Å². The summed E-state index contributed by atoms with van der Waals surface area (Å²) in [5, 5.41) is 11.2. The monoisotopic (exact) mass is 480 g/mol. The molecule has 1 fully saturated rings. The van der Waals surface area contributed by atoms with E-state index >= 15 is 0 Å². The minimum atomic E-state index is -4.55. The van der Waals surface area contributed by atoms with Crippen LogP contribution in [0.3, 0.4) is 0 Å². The molecular weight excluding hydrogens is 455 g/mol. The molecule has 1 unspecified atom stereocenters. The van der Waals surface area contributed by atoms with Crippen LogP contribution < -0.4 is 20.7 Å². The summed E-state index contributed by atoms with van der Waals surface area (Å²) in [7, 11) is 1.23. The molecule has 3 aromatic rings. The van der Waals surface area contributed by atoms with Crippen molar-refractivity contribution in [1.82, 2.24) is 24.9 Å². The second-order valence-corrected chi connectivity index (χ2v) is 7.74. The molecule has 3 aromatic heterocycles. The number of methoxy groups -OCH3 is 1.